The summed E-state index contributed by atoms with van der Waals surface area (Å²) in [5.74, 6) is 0.811. The van der Waals surface area contributed by atoms with Crippen molar-refractivity contribution in [2.24, 2.45) is 0 Å². The van der Waals surface area contributed by atoms with Gasteiger partial charge in [0.15, 0.2) is 5.13 Å². The van der Waals surface area contributed by atoms with Crippen molar-refractivity contribution in [1.29, 1.82) is 0 Å². The number of carbonyl (C=O) groups excluding carboxylic acids is 2. The van der Waals surface area contributed by atoms with Crippen molar-refractivity contribution in [2.75, 3.05) is 23.4 Å². The molecule has 0 atom stereocenters. The van der Waals surface area contributed by atoms with Crippen LogP contribution in [0.4, 0.5) is 15.2 Å². The summed E-state index contributed by atoms with van der Waals surface area (Å²) in [6, 6.07) is 11.6. The lowest BCUT2D eigenvalue weighted by Gasteiger charge is -2.20. The number of anilines is 2. The van der Waals surface area contributed by atoms with Crippen LogP contribution >= 0.6 is 11.3 Å². The summed E-state index contributed by atoms with van der Waals surface area (Å²) in [5, 5.41) is 5.00. The van der Waals surface area contributed by atoms with Gasteiger partial charge in [0.25, 0.3) is 5.91 Å². The lowest BCUT2D eigenvalue weighted by molar-refractivity contribution is -0.116. The van der Waals surface area contributed by atoms with Crippen molar-refractivity contribution in [3.63, 3.8) is 0 Å². The van der Waals surface area contributed by atoms with E-state index in [1.807, 2.05) is 13.8 Å². The van der Waals surface area contributed by atoms with Gasteiger partial charge in [0.2, 0.25) is 5.91 Å². The van der Waals surface area contributed by atoms with Gasteiger partial charge >= 0.3 is 0 Å². The topological polar surface area (TPSA) is 80.8 Å². The smallest absolute Gasteiger partial charge is 0.257 e. The second-order valence-electron chi connectivity index (χ2n) is 7.11. The lowest BCUT2D eigenvalue weighted by Crippen LogP contribution is -2.30. The molecule has 0 aliphatic heterocycles. The number of aromatic nitrogens is 1. The molecule has 0 aliphatic carbocycles. The minimum Gasteiger partial charge on any atom is -0.491 e. The molecular weight excluding hydrogens is 433 g/mol. The van der Waals surface area contributed by atoms with Crippen molar-refractivity contribution in [2.45, 2.75) is 26.9 Å². The first-order valence-electron chi connectivity index (χ1n) is 10.0. The second kappa shape index (κ2) is 10.7. The maximum Gasteiger partial charge on any atom is 0.257 e. The van der Waals surface area contributed by atoms with E-state index in [0.29, 0.717) is 33.6 Å². The Morgan fingerprint density at radius 2 is 1.84 bits per heavy atom. The van der Waals surface area contributed by atoms with Crippen LogP contribution in [0.2, 0.25) is 0 Å². The molecule has 2 amide bonds. The third-order valence-corrected chi connectivity index (χ3v) is 4.93. The van der Waals surface area contributed by atoms with E-state index in [-0.39, 0.29) is 24.5 Å². The average Bonchev–Trinajstić information content (AvgIpc) is 3.25. The molecule has 1 aromatic heterocycles. The van der Waals surface area contributed by atoms with Crippen LogP contribution in [0.1, 0.15) is 31.1 Å². The van der Waals surface area contributed by atoms with Gasteiger partial charge in [-0.3, -0.25) is 14.9 Å². The fourth-order valence-corrected chi connectivity index (χ4v) is 3.46. The Balaban J connectivity index is 1.83. The second-order valence-corrected chi connectivity index (χ2v) is 8.00. The van der Waals surface area contributed by atoms with E-state index >= 15 is 0 Å². The zero-order valence-corrected chi connectivity index (χ0v) is 18.8. The highest BCUT2D eigenvalue weighted by Gasteiger charge is 2.14. The van der Waals surface area contributed by atoms with E-state index in [2.05, 4.69) is 10.3 Å². The third-order valence-electron chi connectivity index (χ3n) is 4.24. The Kier molecular flexibility index (Phi) is 7.77. The normalized spacial score (nSPS) is 10.7. The molecule has 9 heteroatoms. The van der Waals surface area contributed by atoms with E-state index in [1.54, 1.807) is 54.0 Å². The van der Waals surface area contributed by atoms with E-state index in [0.717, 1.165) is 0 Å². The number of amides is 2. The van der Waals surface area contributed by atoms with Gasteiger partial charge in [-0.2, -0.15) is 0 Å². The zero-order valence-electron chi connectivity index (χ0n) is 18.0. The van der Waals surface area contributed by atoms with Crippen molar-refractivity contribution in [3.8, 4) is 17.2 Å². The fraction of sp³-hybridized carbons (Fsp3) is 0.261. The molecule has 0 saturated carbocycles. The highest BCUT2D eigenvalue weighted by Crippen LogP contribution is 2.30. The van der Waals surface area contributed by atoms with Gasteiger partial charge in [-0.15, -0.1) is 11.3 Å². The number of benzene rings is 2. The number of hydrogen-bond acceptors (Lipinski definition) is 6. The van der Waals surface area contributed by atoms with Gasteiger partial charge in [-0.05, 0) is 50.2 Å². The van der Waals surface area contributed by atoms with Gasteiger partial charge in [0.05, 0.1) is 12.6 Å². The summed E-state index contributed by atoms with van der Waals surface area (Å²) in [6.45, 7) is 4.52. The maximum atomic E-state index is 12.7. The number of nitrogens with one attached hydrogen (secondary N) is 1. The monoisotopic (exact) mass is 457 g/mol. The molecule has 0 aliphatic rings. The number of carbonyl (C=O) groups is 2. The fourth-order valence-electron chi connectivity index (χ4n) is 2.94. The quantitative estimate of drug-likeness (QED) is 0.472. The number of rotatable bonds is 9. The van der Waals surface area contributed by atoms with Crippen LogP contribution in [0.15, 0.2) is 54.0 Å². The van der Waals surface area contributed by atoms with Gasteiger partial charge in [-0.1, -0.05) is 0 Å². The predicted octanol–water partition coefficient (Wildman–Crippen LogP) is 5.30. The Labute approximate surface area is 189 Å². The number of nitrogens with zero attached hydrogens (tertiary/aromatic N) is 2. The highest BCUT2D eigenvalue weighted by atomic mass is 32.1. The molecule has 3 aromatic rings. The number of alkyl halides is 1. The van der Waals surface area contributed by atoms with E-state index in [9.17, 15) is 14.0 Å². The first-order valence-corrected chi connectivity index (χ1v) is 10.9. The van der Waals surface area contributed by atoms with E-state index < -0.39 is 6.67 Å². The lowest BCUT2D eigenvalue weighted by atomic mass is 10.2. The molecule has 3 rings (SSSR count). The molecule has 0 bridgehead atoms. The minimum atomic E-state index is -0.633. The molecule has 0 radical (unpaired) electrons. The third kappa shape index (κ3) is 6.27. The maximum absolute atomic E-state index is 12.7. The Bertz CT molecular complexity index is 1060. The molecule has 7 nitrogen and oxygen atoms in total. The van der Waals surface area contributed by atoms with Crippen LogP contribution in [0.3, 0.4) is 0 Å². The van der Waals surface area contributed by atoms with Crippen molar-refractivity contribution >= 4 is 34.0 Å². The van der Waals surface area contributed by atoms with E-state index in [1.165, 1.54) is 23.2 Å². The summed E-state index contributed by atoms with van der Waals surface area (Å²) in [4.78, 5) is 29.8. The molecule has 1 N–H and O–H groups in total. The molecule has 0 saturated heterocycles. The average molecular weight is 458 g/mol. The van der Waals surface area contributed by atoms with Crippen LogP contribution in [0, 0.1) is 0 Å². The van der Waals surface area contributed by atoms with Crippen molar-refractivity contribution in [3.05, 3.63) is 59.6 Å². The zero-order chi connectivity index (χ0) is 23.1. The standard InChI is InChI=1S/C23H24FN3O4S/c1-15(2)30-20-12-17(22(29)26-23-25-9-11-32-23)13-21(14-20)31-19-6-4-18(5-7-19)27(10-8-24)16(3)28/h4-7,9,11-15H,8,10H2,1-3H3,(H,25,26,29). The number of halogens is 1. The number of thiazole rings is 1. The molecule has 32 heavy (non-hydrogen) atoms. The molecular formula is C23H24FN3O4S. The summed E-state index contributed by atoms with van der Waals surface area (Å²) < 4.78 is 24.4. The molecule has 2 aromatic carbocycles. The SMILES string of the molecule is CC(=O)N(CCF)c1ccc(Oc2cc(OC(C)C)cc(C(=O)Nc3nccs3)c2)cc1. The van der Waals surface area contributed by atoms with Gasteiger partial charge in [-0.25, -0.2) is 9.37 Å². The Hall–Kier alpha value is -3.46. The highest BCUT2D eigenvalue weighted by molar-refractivity contribution is 7.13. The summed E-state index contributed by atoms with van der Waals surface area (Å²) in [7, 11) is 0. The van der Waals surface area contributed by atoms with Crippen LogP contribution in [0.5, 0.6) is 17.2 Å². The van der Waals surface area contributed by atoms with Crippen LogP contribution in [-0.4, -0.2) is 36.1 Å². The molecule has 0 fully saturated rings. The first kappa shape index (κ1) is 23.2. The first-order chi connectivity index (χ1) is 15.4. The Morgan fingerprint density at radius 1 is 1.12 bits per heavy atom. The summed E-state index contributed by atoms with van der Waals surface area (Å²) in [6.07, 6.45) is 1.52. The largest absolute Gasteiger partial charge is 0.491 e. The van der Waals surface area contributed by atoms with Crippen molar-refractivity contribution < 1.29 is 23.5 Å². The van der Waals surface area contributed by atoms with Crippen molar-refractivity contribution in [1.82, 2.24) is 4.98 Å². The van der Waals surface area contributed by atoms with Crippen LogP contribution in [-0.2, 0) is 4.79 Å². The van der Waals surface area contributed by atoms with E-state index in [4.69, 9.17) is 9.47 Å². The summed E-state index contributed by atoms with van der Waals surface area (Å²) >= 11 is 1.32. The molecule has 1 heterocycles. The van der Waals surface area contributed by atoms with Crippen LogP contribution < -0.4 is 19.7 Å². The van der Waals surface area contributed by atoms with Gasteiger partial charge in [0.1, 0.15) is 23.9 Å². The molecule has 0 spiro atoms. The molecule has 168 valence electrons. The number of hydrogen-bond donors (Lipinski definition) is 1. The molecule has 0 unspecified atom stereocenters. The van der Waals surface area contributed by atoms with Gasteiger partial charge in [0, 0.05) is 35.8 Å². The van der Waals surface area contributed by atoms with Gasteiger partial charge < -0.3 is 14.4 Å². The minimum absolute atomic E-state index is 0.0122. The van der Waals surface area contributed by atoms with Crippen LogP contribution in [0.25, 0.3) is 0 Å². The number of ether oxygens (including phenoxy) is 2. The predicted molar refractivity (Wildman–Crippen MR) is 123 cm³/mol. The Morgan fingerprint density at radius 3 is 2.44 bits per heavy atom. The summed E-state index contributed by atoms with van der Waals surface area (Å²) in [5.41, 5.74) is 0.929.